The van der Waals surface area contributed by atoms with Gasteiger partial charge in [-0.15, -0.1) is 0 Å². The second-order valence-electron chi connectivity index (χ2n) is 5.64. The van der Waals surface area contributed by atoms with E-state index in [1.54, 1.807) is 11.1 Å². The Bertz CT molecular complexity index is 334. The molecule has 17 heavy (non-hydrogen) atoms. The van der Waals surface area contributed by atoms with E-state index in [-0.39, 0.29) is 0 Å². The van der Waals surface area contributed by atoms with Gasteiger partial charge < -0.3 is 0 Å². The van der Waals surface area contributed by atoms with Gasteiger partial charge in [0.2, 0.25) is 0 Å². The molecule has 2 rings (SSSR count). The van der Waals surface area contributed by atoms with E-state index in [0.29, 0.717) is 0 Å². The molecule has 0 saturated heterocycles. The van der Waals surface area contributed by atoms with Crippen molar-refractivity contribution in [1.82, 2.24) is 0 Å². The molecule has 0 N–H and O–H groups in total. The van der Waals surface area contributed by atoms with Crippen molar-refractivity contribution in [2.24, 2.45) is 5.92 Å². The smallest absolute Gasteiger partial charge is 0.0159 e. The lowest BCUT2D eigenvalue weighted by Crippen LogP contribution is -2.15. The monoisotopic (exact) mass is 230 g/mol. The van der Waals surface area contributed by atoms with Gasteiger partial charge >= 0.3 is 0 Å². The van der Waals surface area contributed by atoms with E-state index in [1.807, 2.05) is 0 Å². The van der Waals surface area contributed by atoms with E-state index >= 15 is 0 Å². The lowest BCUT2D eigenvalue weighted by Gasteiger charge is -2.29. The van der Waals surface area contributed by atoms with E-state index < -0.39 is 0 Å². The van der Waals surface area contributed by atoms with Crippen molar-refractivity contribution in [2.45, 2.75) is 64.7 Å². The Balaban J connectivity index is 2.14. The van der Waals surface area contributed by atoms with Gasteiger partial charge in [-0.25, -0.2) is 0 Å². The Labute approximate surface area is 106 Å². The summed E-state index contributed by atoms with van der Waals surface area (Å²) in [5, 5.41) is 0. The molecule has 1 aliphatic carbocycles. The average Bonchev–Trinajstić information content (AvgIpc) is 2.40. The highest BCUT2D eigenvalue weighted by Crippen LogP contribution is 2.37. The van der Waals surface area contributed by atoms with Crippen LogP contribution >= 0.6 is 0 Å². The molecule has 0 spiro atoms. The first-order chi connectivity index (χ1) is 8.33. The summed E-state index contributed by atoms with van der Waals surface area (Å²) >= 11 is 0. The summed E-state index contributed by atoms with van der Waals surface area (Å²) in [5.41, 5.74) is 3.22. The molecular formula is C17H26. The standard InChI is InChI=1S/C17H26/c1-3-9-16-12-7-8-13-17(16)14(2)15-10-5-4-6-11-15/h7-8,12-15H,3-6,9-11H2,1-2H3. The molecule has 1 aromatic carbocycles. The fourth-order valence-electron chi connectivity index (χ4n) is 3.36. The molecule has 0 heterocycles. The topological polar surface area (TPSA) is 0 Å². The van der Waals surface area contributed by atoms with Gasteiger partial charge in [-0.05, 0) is 42.2 Å². The van der Waals surface area contributed by atoms with Crippen molar-refractivity contribution < 1.29 is 0 Å². The maximum atomic E-state index is 2.45. The summed E-state index contributed by atoms with van der Waals surface area (Å²) in [7, 11) is 0. The average molecular weight is 230 g/mol. The van der Waals surface area contributed by atoms with Gasteiger partial charge in [0.15, 0.2) is 0 Å². The van der Waals surface area contributed by atoms with Crippen molar-refractivity contribution in [2.75, 3.05) is 0 Å². The summed E-state index contributed by atoms with van der Waals surface area (Å²) in [5.74, 6) is 1.69. The maximum Gasteiger partial charge on any atom is -0.0159 e. The van der Waals surface area contributed by atoms with E-state index in [0.717, 1.165) is 11.8 Å². The molecule has 1 saturated carbocycles. The molecule has 1 unspecified atom stereocenters. The molecule has 0 amide bonds. The van der Waals surface area contributed by atoms with Crippen LogP contribution in [0.2, 0.25) is 0 Å². The van der Waals surface area contributed by atoms with E-state index in [9.17, 15) is 0 Å². The van der Waals surface area contributed by atoms with Crippen molar-refractivity contribution >= 4 is 0 Å². The third-order valence-electron chi connectivity index (χ3n) is 4.42. The number of hydrogen-bond donors (Lipinski definition) is 0. The van der Waals surface area contributed by atoms with Crippen LogP contribution in [0.15, 0.2) is 24.3 Å². The SMILES string of the molecule is CCCc1ccccc1C(C)C1CCCCC1. The van der Waals surface area contributed by atoms with Gasteiger partial charge in [0, 0.05) is 0 Å². The van der Waals surface area contributed by atoms with Crippen molar-refractivity contribution in [1.29, 1.82) is 0 Å². The van der Waals surface area contributed by atoms with Crippen LogP contribution in [0.4, 0.5) is 0 Å². The zero-order chi connectivity index (χ0) is 12.1. The van der Waals surface area contributed by atoms with Crippen molar-refractivity contribution in [3.05, 3.63) is 35.4 Å². The quantitative estimate of drug-likeness (QED) is 0.656. The Morgan fingerprint density at radius 1 is 1.12 bits per heavy atom. The Morgan fingerprint density at radius 3 is 2.53 bits per heavy atom. The highest BCUT2D eigenvalue weighted by Gasteiger charge is 2.22. The number of hydrogen-bond acceptors (Lipinski definition) is 0. The predicted octanol–water partition coefficient (Wildman–Crippen LogP) is 5.32. The van der Waals surface area contributed by atoms with Gasteiger partial charge in [-0.1, -0.05) is 63.8 Å². The first kappa shape index (κ1) is 12.7. The van der Waals surface area contributed by atoms with Crippen LogP contribution in [-0.4, -0.2) is 0 Å². The van der Waals surface area contributed by atoms with Crippen molar-refractivity contribution in [3.63, 3.8) is 0 Å². The molecule has 0 heteroatoms. The van der Waals surface area contributed by atoms with Crippen LogP contribution in [0.3, 0.4) is 0 Å². The summed E-state index contributed by atoms with van der Waals surface area (Å²) in [4.78, 5) is 0. The fourth-order valence-corrected chi connectivity index (χ4v) is 3.36. The normalized spacial score (nSPS) is 19.2. The number of benzene rings is 1. The molecular weight excluding hydrogens is 204 g/mol. The highest BCUT2D eigenvalue weighted by molar-refractivity contribution is 5.30. The van der Waals surface area contributed by atoms with E-state index in [4.69, 9.17) is 0 Å². The van der Waals surface area contributed by atoms with E-state index in [1.165, 1.54) is 44.9 Å². The van der Waals surface area contributed by atoms with Gasteiger partial charge in [-0.3, -0.25) is 0 Å². The molecule has 0 aromatic heterocycles. The van der Waals surface area contributed by atoms with Crippen LogP contribution in [0, 0.1) is 5.92 Å². The molecule has 0 nitrogen and oxygen atoms in total. The lowest BCUT2D eigenvalue weighted by atomic mass is 9.76. The Kier molecular flexibility index (Phi) is 4.65. The second kappa shape index (κ2) is 6.23. The first-order valence-electron chi connectivity index (χ1n) is 7.40. The second-order valence-corrected chi connectivity index (χ2v) is 5.64. The summed E-state index contributed by atoms with van der Waals surface area (Å²) in [6.45, 7) is 4.73. The third-order valence-corrected chi connectivity index (χ3v) is 4.42. The van der Waals surface area contributed by atoms with Crippen molar-refractivity contribution in [3.8, 4) is 0 Å². The van der Waals surface area contributed by atoms with Gasteiger partial charge in [0.1, 0.15) is 0 Å². The Morgan fingerprint density at radius 2 is 1.82 bits per heavy atom. The molecule has 0 radical (unpaired) electrons. The lowest BCUT2D eigenvalue weighted by molar-refractivity contribution is 0.315. The minimum atomic E-state index is 0.762. The molecule has 1 aromatic rings. The van der Waals surface area contributed by atoms with Gasteiger partial charge in [0.25, 0.3) is 0 Å². The fraction of sp³-hybridized carbons (Fsp3) is 0.647. The number of rotatable bonds is 4. The summed E-state index contributed by atoms with van der Waals surface area (Å²) in [6, 6.07) is 9.11. The first-order valence-corrected chi connectivity index (χ1v) is 7.40. The Hall–Kier alpha value is -0.780. The third kappa shape index (κ3) is 3.12. The van der Waals surface area contributed by atoms with Gasteiger partial charge in [-0.2, -0.15) is 0 Å². The molecule has 1 aliphatic rings. The molecule has 0 aliphatic heterocycles. The van der Waals surface area contributed by atoms with Crippen LogP contribution in [0.5, 0.6) is 0 Å². The molecule has 1 atom stereocenters. The van der Waals surface area contributed by atoms with Gasteiger partial charge in [0.05, 0.1) is 0 Å². The maximum absolute atomic E-state index is 2.45. The van der Waals surface area contributed by atoms with Crippen LogP contribution in [-0.2, 0) is 6.42 Å². The van der Waals surface area contributed by atoms with Crippen LogP contribution < -0.4 is 0 Å². The zero-order valence-electron chi connectivity index (χ0n) is 11.4. The highest BCUT2D eigenvalue weighted by atomic mass is 14.3. The minimum absolute atomic E-state index is 0.762. The predicted molar refractivity (Wildman–Crippen MR) is 75.4 cm³/mol. The molecule has 0 bridgehead atoms. The van der Waals surface area contributed by atoms with Crippen LogP contribution in [0.1, 0.15) is 69.4 Å². The minimum Gasteiger partial charge on any atom is -0.0651 e. The summed E-state index contributed by atoms with van der Waals surface area (Å²) in [6.07, 6.45) is 9.75. The van der Waals surface area contributed by atoms with Crippen LogP contribution in [0.25, 0.3) is 0 Å². The van der Waals surface area contributed by atoms with E-state index in [2.05, 4.69) is 38.1 Å². The summed E-state index contributed by atoms with van der Waals surface area (Å²) < 4.78 is 0. The molecule has 94 valence electrons. The number of aryl methyl sites for hydroxylation is 1. The largest absolute Gasteiger partial charge is 0.0651 e. The zero-order valence-corrected chi connectivity index (χ0v) is 11.4. The molecule has 1 fully saturated rings.